The molecule has 0 aliphatic carbocycles. The first-order chi connectivity index (χ1) is 14.2. The minimum absolute atomic E-state index is 0. The van der Waals surface area contributed by atoms with Crippen LogP contribution < -0.4 is 4.74 Å². The molecule has 0 bridgehead atoms. The van der Waals surface area contributed by atoms with Crippen molar-refractivity contribution in [1.29, 1.82) is 0 Å². The third-order valence-electron chi connectivity index (χ3n) is 5.75. The highest BCUT2D eigenvalue weighted by Gasteiger charge is 2.28. The molecule has 3 aromatic carbocycles. The van der Waals surface area contributed by atoms with Gasteiger partial charge in [0, 0.05) is 12.1 Å². The molecule has 0 amide bonds. The zero-order chi connectivity index (χ0) is 19.8. The Kier molecular flexibility index (Phi) is 5.65. The van der Waals surface area contributed by atoms with Crippen molar-refractivity contribution in [2.45, 2.75) is 20.5 Å². The van der Waals surface area contributed by atoms with E-state index in [0.717, 1.165) is 24.7 Å². The second-order valence-corrected chi connectivity index (χ2v) is 7.71. The van der Waals surface area contributed by atoms with Gasteiger partial charge >= 0.3 is 0 Å². The van der Waals surface area contributed by atoms with E-state index in [2.05, 4.69) is 91.6 Å². The van der Waals surface area contributed by atoms with Crippen molar-refractivity contribution >= 4 is 30.0 Å². The number of aryl methyl sites for hydroxylation is 2. The molecule has 2 heterocycles. The zero-order valence-electron chi connectivity index (χ0n) is 17.3. The summed E-state index contributed by atoms with van der Waals surface area (Å²) in [5.74, 6) is 1.98. The smallest absolute Gasteiger partial charge is 0.136 e. The Bertz CT molecular complexity index is 1130. The average molecular weight is 417 g/mol. The lowest BCUT2D eigenvalue weighted by Gasteiger charge is -2.29. The van der Waals surface area contributed by atoms with Crippen molar-refractivity contribution in [1.82, 2.24) is 4.90 Å². The SMILES string of the molecule is Cc1ccc(COc2ccc(C3=Cc4ccccc4C4=NCCN34)cc2)cc1C.Cl. The molecule has 2 aliphatic heterocycles. The Morgan fingerprint density at radius 1 is 0.933 bits per heavy atom. The lowest BCUT2D eigenvalue weighted by molar-refractivity contribution is 0.306. The molecule has 3 aromatic rings. The number of fused-ring (bicyclic) bond motifs is 3. The van der Waals surface area contributed by atoms with Crippen LogP contribution in [0, 0.1) is 13.8 Å². The molecular formula is C26H25ClN2O. The molecule has 0 aromatic heterocycles. The molecule has 0 spiro atoms. The fourth-order valence-corrected chi connectivity index (χ4v) is 3.99. The summed E-state index contributed by atoms with van der Waals surface area (Å²) in [6.45, 7) is 6.63. The summed E-state index contributed by atoms with van der Waals surface area (Å²) in [4.78, 5) is 7.07. The summed E-state index contributed by atoms with van der Waals surface area (Å²) >= 11 is 0. The van der Waals surface area contributed by atoms with Crippen molar-refractivity contribution in [3.8, 4) is 5.75 Å². The van der Waals surface area contributed by atoms with Gasteiger partial charge in [-0.15, -0.1) is 12.4 Å². The third-order valence-corrected chi connectivity index (χ3v) is 5.75. The molecule has 0 saturated heterocycles. The van der Waals surface area contributed by atoms with Gasteiger partial charge in [0.1, 0.15) is 18.2 Å². The van der Waals surface area contributed by atoms with E-state index in [1.165, 1.54) is 39.1 Å². The van der Waals surface area contributed by atoms with Crippen LogP contribution in [0.4, 0.5) is 0 Å². The average Bonchev–Trinajstić information content (AvgIpc) is 3.25. The molecule has 5 rings (SSSR count). The summed E-state index contributed by atoms with van der Waals surface area (Å²) in [6.07, 6.45) is 2.27. The van der Waals surface area contributed by atoms with Crippen molar-refractivity contribution in [3.63, 3.8) is 0 Å². The van der Waals surface area contributed by atoms with Gasteiger partial charge in [0.05, 0.1) is 12.2 Å². The maximum atomic E-state index is 6.02. The maximum Gasteiger partial charge on any atom is 0.136 e. The van der Waals surface area contributed by atoms with Crippen molar-refractivity contribution in [2.75, 3.05) is 13.1 Å². The zero-order valence-corrected chi connectivity index (χ0v) is 18.1. The summed E-state index contributed by atoms with van der Waals surface area (Å²) in [6, 6.07) is 23.4. The van der Waals surface area contributed by atoms with E-state index < -0.39 is 0 Å². The van der Waals surface area contributed by atoms with Crippen LogP contribution in [0.3, 0.4) is 0 Å². The lowest BCUT2D eigenvalue weighted by atomic mass is 9.97. The Morgan fingerprint density at radius 3 is 2.53 bits per heavy atom. The minimum atomic E-state index is 0. The van der Waals surface area contributed by atoms with Crippen LogP contribution in [-0.4, -0.2) is 23.8 Å². The van der Waals surface area contributed by atoms with Crippen LogP contribution in [0.5, 0.6) is 5.75 Å². The third kappa shape index (κ3) is 3.73. The molecule has 0 atom stereocenters. The number of hydrogen-bond acceptors (Lipinski definition) is 3. The van der Waals surface area contributed by atoms with E-state index in [9.17, 15) is 0 Å². The second kappa shape index (κ2) is 8.37. The van der Waals surface area contributed by atoms with Crippen LogP contribution in [0.15, 0.2) is 71.7 Å². The molecule has 4 heteroatoms. The van der Waals surface area contributed by atoms with E-state index >= 15 is 0 Å². The van der Waals surface area contributed by atoms with E-state index in [1.807, 2.05) is 0 Å². The largest absolute Gasteiger partial charge is 0.489 e. The Labute approximate surface area is 184 Å². The number of ether oxygens (including phenoxy) is 1. The monoisotopic (exact) mass is 416 g/mol. The molecule has 0 fully saturated rings. The van der Waals surface area contributed by atoms with Gasteiger partial charge in [0.15, 0.2) is 0 Å². The summed E-state index contributed by atoms with van der Waals surface area (Å²) < 4.78 is 6.02. The van der Waals surface area contributed by atoms with Crippen LogP contribution >= 0.6 is 12.4 Å². The first kappa shape index (κ1) is 20.2. The highest BCUT2D eigenvalue weighted by atomic mass is 35.5. The quantitative estimate of drug-likeness (QED) is 0.530. The normalized spacial score (nSPS) is 14.3. The van der Waals surface area contributed by atoms with Gasteiger partial charge < -0.3 is 9.64 Å². The van der Waals surface area contributed by atoms with Gasteiger partial charge in [-0.05, 0) is 72.0 Å². The van der Waals surface area contributed by atoms with Gasteiger partial charge in [0.25, 0.3) is 0 Å². The summed E-state index contributed by atoms with van der Waals surface area (Å²) in [5, 5.41) is 0. The number of aliphatic imine (C=N–C) groups is 1. The number of benzene rings is 3. The predicted octanol–water partition coefficient (Wildman–Crippen LogP) is 5.88. The van der Waals surface area contributed by atoms with Crippen LogP contribution in [0.25, 0.3) is 11.8 Å². The van der Waals surface area contributed by atoms with Crippen molar-refractivity contribution < 1.29 is 4.74 Å². The number of hydrogen-bond donors (Lipinski definition) is 0. The predicted molar refractivity (Wildman–Crippen MR) is 126 cm³/mol. The Balaban J connectivity index is 0.00000218. The minimum Gasteiger partial charge on any atom is -0.489 e. The van der Waals surface area contributed by atoms with E-state index in [-0.39, 0.29) is 12.4 Å². The molecular weight excluding hydrogens is 392 g/mol. The molecule has 3 nitrogen and oxygen atoms in total. The van der Waals surface area contributed by atoms with Crippen LogP contribution in [0.2, 0.25) is 0 Å². The van der Waals surface area contributed by atoms with Gasteiger partial charge in [-0.25, -0.2) is 0 Å². The van der Waals surface area contributed by atoms with E-state index in [4.69, 9.17) is 9.73 Å². The van der Waals surface area contributed by atoms with Crippen LogP contribution in [0.1, 0.15) is 33.4 Å². The van der Waals surface area contributed by atoms with Crippen LogP contribution in [-0.2, 0) is 6.61 Å². The van der Waals surface area contributed by atoms with Gasteiger partial charge in [-0.2, -0.15) is 0 Å². The first-order valence-corrected chi connectivity index (χ1v) is 10.1. The summed E-state index contributed by atoms with van der Waals surface area (Å²) in [7, 11) is 0. The molecule has 0 unspecified atom stereocenters. The highest BCUT2D eigenvalue weighted by molar-refractivity contribution is 6.12. The number of amidine groups is 1. The van der Waals surface area contributed by atoms with Crippen molar-refractivity contribution in [2.24, 2.45) is 4.99 Å². The number of nitrogens with zero attached hydrogens (tertiary/aromatic N) is 2. The van der Waals surface area contributed by atoms with Crippen molar-refractivity contribution in [3.05, 3.63) is 100 Å². The van der Waals surface area contributed by atoms with Gasteiger partial charge in [-0.3, -0.25) is 4.99 Å². The fraction of sp³-hybridized carbons (Fsp3) is 0.192. The summed E-state index contributed by atoms with van der Waals surface area (Å²) in [5.41, 5.74) is 8.66. The molecule has 30 heavy (non-hydrogen) atoms. The highest BCUT2D eigenvalue weighted by Crippen LogP contribution is 2.33. The Hall–Kier alpha value is -3.04. The van der Waals surface area contributed by atoms with E-state index in [0.29, 0.717) is 6.61 Å². The van der Waals surface area contributed by atoms with Gasteiger partial charge in [0.2, 0.25) is 0 Å². The topological polar surface area (TPSA) is 24.8 Å². The van der Waals surface area contributed by atoms with Gasteiger partial charge in [-0.1, -0.05) is 42.5 Å². The molecule has 2 aliphatic rings. The van der Waals surface area contributed by atoms with E-state index in [1.54, 1.807) is 0 Å². The Morgan fingerprint density at radius 2 is 1.73 bits per heavy atom. The molecule has 0 N–H and O–H groups in total. The molecule has 0 saturated carbocycles. The standard InChI is InChI=1S/C26H24N2O.ClH/c1-18-7-8-20(15-19(18)2)17-29-23-11-9-21(10-12-23)25-16-22-5-3-4-6-24(22)26-27-13-14-28(25)26;/h3-12,15-16H,13-14,17H2,1-2H3;1H. The lowest BCUT2D eigenvalue weighted by Crippen LogP contribution is -2.30. The first-order valence-electron chi connectivity index (χ1n) is 10.1. The molecule has 0 radical (unpaired) electrons. The maximum absolute atomic E-state index is 6.02. The number of halogens is 1. The molecule has 152 valence electrons. The second-order valence-electron chi connectivity index (χ2n) is 7.71. The fourth-order valence-electron chi connectivity index (χ4n) is 3.99. The number of rotatable bonds is 4.